The van der Waals surface area contributed by atoms with Gasteiger partial charge in [-0.05, 0) is 70.5 Å². The van der Waals surface area contributed by atoms with Crippen LogP contribution in [0.25, 0.3) is 0 Å². The molecule has 3 aliphatic rings. The first kappa shape index (κ1) is 13.4. The molecule has 19 heavy (non-hydrogen) atoms. The fourth-order valence-electron chi connectivity index (χ4n) is 4.42. The summed E-state index contributed by atoms with van der Waals surface area (Å²) in [6.45, 7) is 2.49. The SMILES string of the molecule is CN1CCC(CCC2C(=O)NC3CCCCC32)CC1. The van der Waals surface area contributed by atoms with Crippen molar-refractivity contribution in [1.82, 2.24) is 10.2 Å². The minimum absolute atomic E-state index is 0.338. The molecule has 3 nitrogen and oxygen atoms in total. The van der Waals surface area contributed by atoms with E-state index in [9.17, 15) is 4.79 Å². The van der Waals surface area contributed by atoms with Gasteiger partial charge in [0.25, 0.3) is 0 Å². The number of carbonyl (C=O) groups excluding carboxylic acids is 1. The average molecular weight is 264 g/mol. The number of piperidine rings is 1. The van der Waals surface area contributed by atoms with Crippen molar-refractivity contribution in [3.05, 3.63) is 0 Å². The molecule has 108 valence electrons. The molecule has 2 heterocycles. The molecule has 3 unspecified atom stereocenters. The van der Waals surface area contributed by atoms with E-state index in [1.165, 1.54) is 58.0 Å². The van der Waals surface area contributed by atoms with Crippen LogP contribution in [0.4, 0.5) is 0 Å². The van der Waals surface area contributed by atoms with Gasteiger partial charge in [0.05, 0.1) is 0 Å². The van der Waals surface area contributed by atoms with Crippen LogP contribution in [0.3, 0.4) is 0 Å². The number of rotatable bonds is 3. The van der Waals surface area contributed by atoms with E-state index in [0.29, 0.717) is 23.8 Å². The highest BCUT2D eigenvalue weighted by atomic mass is 16.2. The quantitative estimate of drug-likeness (QED) is 0.849. The van der Waals surface area contributed by atoms with Crippen molar-refractivity contribution >= 4 is 5.91 Å². The molecule has 1 saturated carbocycles. The zero-order chi connectivity index (χ0) is 13.2. The Morgan fingerprint density at radius 1 is 1.11 bits per heavy atom. The Hall–Kier alpha value is -0.570. The van der Waals surface area contributed by atoms with E-state index in [1.807, 2.05) is 0 Å². The van der Waals surface area contributed by atoms with Gasteiger partial charge in [0.2, 0.25) is 5.91 Å². The minimum Gasteiger partial charge on any atom is -0.353 e. The van der Waals surface area contributed by atoms with Gasteiger partial charge in [-0.15, -0.1) is 0 Å². The van der Waals surface area contributed by atoms with E-state index in [4.69, 9.17) is 0 Å². The van der Waals surface area contributed by atoms with Crippen LogP contribution in [0, 0.1) is 17.8 Å². The highest BCUT2D eigenvalue weighted by Crippen LogP contribution is 2.38. The Morgan fingerprint density at radius 2 is 1.84 bits per heavy atom. The van der Waals surface area contributed by atoms with Crippen LogP contribution in [0.2, 0.25) is 0 Å². The minimum atomic E-state index is 0.338. The van der Waals surface area contributed by atoms with Crippen LogP contribution in [-0.4, -0.2) is 37.0 Å². The van der Waals surface area contributed by atoms with E-state index in [1.54, 1.807) is 0 Å². The number of nitrogens with zero attached hydrogens (tertiary/aromatic N) is 1. The molecule has 3 fully saturated rings. The van der Waals surface area contributed by atoms with Gasteiger partial charge in [-0.2, -0.15) is 0 Å². The Morgan fingerprint density at radius 3 is 2.63 bits per heavy atom. The molecular weight excluding hydrogens is 236 g/mol. The fourth-order valence-corrected chi connectivity index (χ4v) is 4.42. The smallest absolute Gasteiger partial charge is 0.223 e. The van der Waals surface area contributed by atoms with Crippen molar-refractivity contribution in [3.63, 3.8) is 0 Å². The predicted octanol–water partition coefficient (Wildman–Crippen LogP) is 2.41. The summed E-state index contributed by atoms with van der Waals surface area (Å²) in [7, 11) is 2.22. The molecule has 3 rings (SSSR count). The lowest BCUT2D eigenvalue weighted by atomic mass is 9.76. The van der Waals surface area contributed by atoms with Gasteiger partial charge >= 0.3 is 0 Å². The number of carbonyl (C=O) groups is 1. The van der Waals surface area contributed by atoms with Gasteiger partial charge in [0.15, 0.2) is 0 Å². The standard InChI is InChI=1S/C16H28N2O/c1-18-10-8-12(9-11-18)6-7-14-13-4-2-3-5-15(13)17-16(14)19/h12-15H,2-11H2,1H3,(H,17,19). The van der Waals surface area contributed by atoms with Gasteiger partial charge in [0, 0.05) is 12.0 Å². The molecule has 3 heteroatoms. The molecular formula is C16H28N2O. The number of nitrogens with one attached hydrogen (secondary N) is 1. The highest BCUT2D eigenvalue weighted by molar-refractivity contribution is 5.81. The summed E-state index contributed by atoms with van der Waals surface area (Å²) in [6.07, 6.45) is 10.2. The van der Waals surface area contributed by atoms with Crippen LogP contribution in [0.5, 0.6) is 0 Å². The average Bonchev–Trinajstić information content (AvgIpc) is 2.74. The maximum absolute atomic E-state index is 12.1. The first-order chi connectivity index (χ1) is 9.24. The van der Waals surface area contributed by atoms with Crippen LogP contribution in [0.1, 0.15) is 51.4 Å². The van der Waals surface area contributed by atoms with Crippen LogP contribution in [-0.2, 0) is 4.79 Å². The molecule has 0 spiro atoms. The molecule has 0 aromatic heterocycles. The largest absolute Gasteiger partial charge is 0.353 e. The Labute approximate surface area is 117 Å². The number of fused-ring (bicyclic) bond motifs is 1. The molecule has 2 aliphatic heterocycles. The third-order valence-corrected chi connectivity index (χ3v) is 5.72. The number of likely N-dealkylation sites (tertiary alicyclic amines) is 1. The second kappa shape index (κ2) is 5.82. The summed E-state index contributed by atoms with van der Waals surface area (Å²) < 4.78 is 0. The van der Waals surface area contributed by atoms with E-state index in [2.05, 4.69) is 17.3 Å². The summed E-state index contributed by atoms with van der Waals surface area (Å²) in [5, 5.41) is 3.25. The molecule has 1 aliphatic carbocycles. The molecule has 3 atom stereocenters. The molecule has 0 aromatic rings. The zero-order valence-electron chi connectivity index (χ0n) is 12.2. The van der Waals surface area contributed by atoms with E-state index in [0.717, 1.165) is 12.3 Å². The van der Waals surface area contributed by atoms with Gasteiger partial charge in [-0.3, -0.25) is 4.79 Å². The number of amides is 1. The Bertz CT molecular complexity index is 323. The Kier molecular flexibility index (Phi) is 4.11. The van der Waals surface area contributed by atoms with Gasteiger partial charge in [0.1, 0.15) is 0 Å². The summed E-state index contributed by atoms with van der Waals surface area (Å²) in [5.74, 6) is 2.23. The molecule has 0 bridgehead atoms. The highest BCUT2D eigenvalue weighted by Gasteiger charge is 2.42. The third-order valence-electron chi connectivity index (χ3n) is 5.72. The maximum atomic E-state index is 12.1. The summed E-state index contributed by atoms with van der Waals surface area (Å²) >= 11 is 0. The van der Waals surface area contributed by atoms with Crippen molar-refractivity contribution in [2.75, 3.05) is 20.1 Å². The summed E-state index contributed by atoms with van der Waals surface area (Å²) in [5.41, 5.74) is 0. The van der Waals surface area contributed by atoms with Crippen molar-refractivity contribution in [2.45, 2.75) is 57.4 Å². The zero-order valence-corrected chi connectivity index (χ0v) is 12.2. The van der Waals surface area contributed by atoms with Gasteiger partial charge < -0.3 is 10.2 Å². The molecule has 0 aromatic carbocycles. The lowest BCUT2D eigenvalue weighted by molar-refractivity contribution is -0.123. The lowest BCUT2D eigenvalue weighted by Gasteiger charge is -2.31. The second-order valence-corrected chi connectivity index (χ2v) is 6.99. The molecule has 1 N–H and O–H groups in total. The van der Waals surface area contributed by atoms with Gasteiger partial charge in [-0.1, -0.05) is 12.8 Å². The molecule has 2 saturated heterocycles. The first-order valence-corrected chi connectivity index (χ1v) is 8.23. The normalized spacial score (nSPS) is 37.1. The van der Waals surface area contributed by atoms with E-state index < -0.39 is 0 Å². The molecule has 0 radical (unpaired) electrons. The van der Waals surface area contributed by atoms with Crippen molar-refractivity contribution in [2.24, 2.45) is 17.8 Å². The van der Waals surface area contributed by atoms with Crippen molar-refractivity contribution in [3.8, 4) is 0 Å². The summed E-state index contributed by atoms with van der Waals surface area (Å²) in [6, 6.07) is 0.517. The third kappa shape index (κ3) is 2.96. The number of hydrogen-bond donors (Lipinski definition) is 1. The Balaban J connectivity index is 1.50. The van der Waals surface area contributed by atoms with Gasteiger partial charge in [-0.25, -0.2) is 0 Å². The van der Waals surface area contributed by atoms with E-state index in [-0.39, 0.29) is 0 Å². The molecule has 1 amide bonds. The maximum Gasteiger partial charge on any atom is 0.223 e. The van der Waals surface area contributed by atoms with Crippen molar-refractivity contribution < 1.29 is 4.79 Å². The first-order valence-electron chi connectivity index (χ1n) is 8.23. The van der Waals surface area contributed by atoms with Crippen LogP contribution in [0.15, 0.2) is 0 Å². The van der Waals surface area contributed by atoms with E-state index >= 15 is 0 Å². The predicted molar refractivity (Wildman–Crippen MR) is 76.8 cm³/mol. The van der Waals surface area contributed by atoms with Crippen LogP contribution < -0.4 is 5.32 Å². The number of hydrogen-bond acceptors (Lipinski definition) is 2. The lowest BCUT2D eigenvalue weighted by Crippen LogP contribution is -2.31. The topological polar surface area (TPSA) is 32.3 Å². The van der Waals surface area contributed by atoms with Crippen LogP contribution >= 0.6 is 0 Å². The van der Waals surface area contributed by atoms with Crippen molar-refractivity contribution in [1.29, 1.82) is 0 Å². The second-order valence-electron chi connectivity index (χ2n) is 6.99. The summed E-state index contributed by atoms with van der Waals surface area (Å²) in [4.78, 5) is 14.6. The fraction of sp³-hybridized carbons (Fsp3) is 0.938. The monoisotopic (exact) mass is 264 g/mol.